The summed E-state index contributed by atoms with van der Waals surface area (Å²) in [6, 6.07) is 13.4. The third-order valence-electron chi connectivity index (χ3n) is 3.33. The highest BCUT2D eigenvalue weighted by molar-refractivity contribution is 5.37. The van der Waals surface area contributed by atoms with Gasteiger partial charge < -0.3 is 10.1 Å². The van der Waals surface area contributed by atoms with Crippen LogP contribution in [0.2, 0.25) is 0 Å². The van der Waals surface area contributed by atoms with Crippen molar-refractivity contribution in [1.82, 2.24) is 5.32 Å². The third-order valence-corrected chi connectivity index (χ3v) is 3.33. The summed E-state index contributed by atoms with van der Waals surface area (Å²) in [7, 11) is 1.47. The van der Waals surface area contributed by atoms with Gasteiger partial charge in [0.2, 0.25) is 0 Å². The molecule has 3 heteroatoms. The Hall–Kier alpha value is -1.87. The van der Waals surface area contributed by atoms with Gasteiger partial charge in [-0.25, -0.2) is 4.39 Å². The van der Waals surface area contributed by atoms with Gasteiger partial charge in [0.25, 0.3) is 0 Å². The molecule has 1 unspecified atom stereocenters. The van der Waals surface area contributed by atoms with Crippen molar-refractivity contribution in [2.75, 3.05) is 13.7 Å². The molecule has 0 spiro atoms. The molecule has 106 valence electrons. The van der Waals surface area contributed by atoms with E-state index in [4.69, 9.17) is 4.74 Å². The third kappa shape index (κ3) is 3.17. The topological polar surface area (TPSA) is 21.3 Å². The zero-order chi connectivity index (χ0) is 14.5. The summed E-state index contributed by atoms with van der Waals surface area (Å²) < 4.78 is 18.8. The molecule has 2 aromatic carbocycles. The van der Waals surface area contributed by atoms with Crippen molar-refractivity contribution in [1.29, 1.82) is 0 Å². The van der Waals surface area contributed by atoms with E-state index in [0.717, 1.165) is 17.7 Å². The lowest BCUT2D eigenvalue weighted by Crippen LogP contribution is -2.22. The molecule has 0 aliphatic carbocycles. The summed E-state index contributed by atoms with van der Waals surface area (Å²) >= 11 is 0. The summed E-state index contributed by atoms with van der Waals surface area (Å²) in [5.74, 6) is -0.0621. The van der Waals surface area contributed by atoms with Gasteiger partial charge in [-0.05, 0) is 36.7 Å². The molecule has 0 aliphatic heterocycles. The number of halogens is 1. The predicted molar refractivity (Wildman–Crippen MR) is 79.7 cm³/mol. The number of nitrogens with one attached hydrogen (secondary N) is 1. The molecule has 0 saturated heterocycles. The number of aryl methyl sites for hydroxylation is 1. The molecule has 0 aromatic heterocycles. The van der Waals surface area contributed by atoms with Gasteiger partial charge in [0.15, 0.2) is 11.6 Å². The normalized spacial score (nSPS) is 12.2. The van der Waals surface area contributed by atoms with Gasteiger partial charge in [-0.3, -0.25) is 0 Å². The Morgan fingerprint density at radius 3 is 2.30 bits per heavy atom. The molecule has 0 radical (unpaired) electrons. The van der Waals surface area contributed by atoms with Crippen LogP contribution in [0.4, 0.5) is 4.39 Å². The van der Waals surface area contributed by atoms with Crippen LogP contribution in [0.5, 0.6) is 5.75 Å². The highest BCUT2D eigenvalue weighted by atomic mass is 19.1. The van der Waals surface area contributed by atoms with Crippen LogP contribution < -0.4 is 10.1 Å². The largest absolute Gasteiger partial charge is 0.494 e. The maximum absolute atomic E-state index is 13.9. The van der Waals surface area contributed by atoms with Crippen LogP contribution in [0.15, 0.2) is 42.5 Å². The number of rotatable bonds is 5. The Labute approximate surface area is 119 Å². The first-order chi connectivity index (χ1) is 9.65. The highest BCUT2D eigenvalue weighted by Gasteiger charge is 2.15. The van der Waals surface area contributed by atoms with Gasteiger partial charge in [-0.1, -0.05) is 42.8 Å². The molecule has 0 heterocycles. The van der Waals surface area contributed by atoms with E-state index < -0.39 is 0 Å². The number of benzene rings is 2. The van der Waals surface area contributed by atoms with E-state index in [2.05, 4.69) is 36.5 Å². The molecular formula is C17H20FNO. The molecule has 1 atom stereocenters. The molecule has 0 saturated carbocycles. The Morgan fingerprint density at radius 1 is 1.10 bits per heavy atom. The standard InChI is InChI=1S/C17H20FNO/c1-4-19-17(13-7-5-12(2)6-8-13)14-9-10-16(20-3)15(18)11-14/h5-11,17,19H,4H2,1-3H3. The average molecular weight is 273 g/mol. The molecule has 2 rings (SSSR count). The molecule has 2 nitrogen and oxygen atoms in total. The van der Waals surface area contributed by atoms with Crippen LogP contribution >= 0.6 is 0 Å². The van der Waals surface area contributed by atoms with Crippen LogP contribution in [0.25, 0.3) is 0 Å². The second-order valence-corrected chi connectivity index (χ2v) is 4.80. The van der Waals surface area contributed by atoms with Crippen LogP contribution in [0, 0.1) is 12.7 Å². The zero-order valence-electron chi connectivity index (χ0n) is 12.1. The van der Waals surface area contributed by atoms with E-state index in [1.807, 2.05) is 13.0 Å². The fraction of sp³-hybridized carbons (Fsp3) is 0.294. The van der Waals surface area contributed by atoms with Crippen LogP contribution in [0.1, 0.15) is 29.7 Å². The SMILES string of the molecule is CCNC(c1ccc(C)cc1)c1ccc(OC)c(F)c1. The molecule has 0 amide bonds. The van der Waals surface area contributed by atoms with E-state index in [9.17, 15) is 4.39 Å². The molecule has 0 bridgehead atoms. The van der Waals surface area contributed by atoms with Gasteiger partial charge in [-0.15, -0.1) is 0 Å². The zero-order valence-corrected chi connectivity index (χ0v) is 12.1. The van der Waals surface area contributed by atoms with Gasteiger partial charge in [0.05, 0.1) is 13.2 Å². The first kappa shape index (κ1) is 14.5. The summed E-state index contributed by atoms with van der Waals surface area (Å²) in [5.41, 5.74) is 3.24. The minimum absolute atomic E-state index is 0.0130. The summed E-state index contributed by atoms with van der Waals surface area (Å²) in [6.45, 7) is 4.91. The second kappa shape index (κ2) is 6.53. The average Bonchev–Trinajstić information content (AvgIpc) is 2.46. The van der Waals surface area contributed by atoms with Gasteiger partial charge in [-0.2, -0.15) is 0 Å². The summed E-state index contributed by atoms with van der Waals surface area (Å²) in [5, 5.41) is 3.39. The summed E-state index contributed by atoms with van der Waals surface area (Å²) in [6.07, 6.45) is 0. The summed E-state index contributed by atoms with van der Waals surface area (Å²) in [4.78, 5) is 0. The monoisotopic (exact) mass is 273 g/mol. The van der Waals surface area contributed by atoms with E-state index >= 15 is 0 Å². The van der Waals surface area contributed by atoms with E-state index in [-0.39, 0.29) is 17.6 Å². The van der Waals surface area contributed by atoms with E-state index in [1.54, 1.807) is 6.07 Å². The molecular weight excluding hydrogens is 253 g/mol. The van der Waals surface area contributed by atoms with E-state index in [0.29, 0.717) is 0 Å². The molecule has 0 fully saturated rings. The maximum Gasteiger partial charge on any atom is 0.165 e. The van der Waals surface area contributed by atoms with E-state index in [1.165, 1.54) is 18.7 Å². The Balaban J connectivity index is 2.37. The molecule has 1 N–H and O–H groups in total. The van der Waals surface area contributed by atoms with Crippen LogP contribution in [0.3, 0.4) is 0 Å². The van der Waals surface area contributed by atoms with Gasteiger partial charge >= 0.3 is 0 Å². The minimum atomic E-state index is -0.333. The van der Waals surface area contributed by atoms with Crippen molar-refractivity contribution in [2.45, 2.75) is 19.9 Å². The van der Waals surface area contributed by atoms with Crippen LogP contribution in [-0.4, -0.2) is 13.7 Å². The van der Waals surface area contributed by atoms with Crippen molar-refractivity contribution in [3.8, 4) is 5.75 Å². The van der Waals surface area contributed by atoms with Crippen molar-refractivity contribution in [3.05, 3.63) is 65.0 Å². The van der Waals surface area contributed by atoms with Gasteiger partial charge in [0, 0.05) is 0 Å². The first-order valence-electron chi connectivity index (χ1n) is 6.79. The van der Waals surface area contributed by atoms with Crippen molar-refractivity contribution in [2.24, 2.45) is 0 Å². The van der Waals surface area contributed by atoms with Crippen molar-refractivity contribution < 1.29 is 9.13 Å². The second-order valence-electron chi connectivity index (χ2n) is 4.80. The number of hydrogen-bond donors (Lipinski definition) is 1. The molecule has 2 aromatic rings. The van der Waals surface area contributed by atoms with Crippen molar-refractivity contribution >= 4 is 0 Å². The number of methoxy groups -OCH3 is 1. The van der Waals surface area contributed by atoms with Crippen molar-refractivity contribution in [3.63, 3.8) is 0 Å². The predicted octanol–water partition coefficient (Wildman–Crippen LogP) is 3.84. The fourth-order valence-electron chi connectivity index (χ4n) is 2.25. The Kier molecular flexibility index (Phi) is 4.74. The first-order valence-corrected chi connectivity index (χ1v) is 6.79. The Morgan fingerprint density at radius 2 is 1.75 bits per heavy atom. The van der Waals surface area contributed by atoms with Crippen LogP contribution in [-0.2, 0) is 0 Å². The number of hydrogen-bond acceptors (Lipinski definition) is 2. The lowest BCUT2D eigenvalue weighted by Gasteiger charge is -2.19. The lowest BCUT2D eigenvalue weighted by molar-refractivity contribution is 0.385. The lowest BCUT2D eigenvalue weighted by atomic mass is 9.97. The number of ether oxygens (including phenoxy) is 1. The quantitative estimate of drug-likeness (QED) is 0.893. The maximum atomic E-state index is 13.9. The fourth-order valence-corrected chi connectivity index (χ4v) is 2.25. The molecule has 0 aliphatic rings. The molecule has 20 heavy (non-hydrogen) atoms. The highest BCUT2D eigenvalue weighted by Crippen LogP contribution is 2.26. The minimum Gasteiger partial charge on any atom is -0.494 e. The van der Waals surface area contributed by atoms with Gasteiger partial charge in [0.1, 0.15) is 0 Å². The smallest absolute Gasteiger partial charge is 0.165 e. The Bertz CT molecular complexity index is 566.